The summed E-state index contributed by atoms with van der Waals surface area (Å²) in [5, 5.41) is 0.719. The summed E-state index contributed by atoms with van der Waals surface area (Å²) in [7, 11) is 0. The van der Waals surface area contributed by atoms with E-state index >= 15 is 0 Å². The third kappa shape index (κ3) is 3.12. The minimum atomic E-state index is -0.220. The topological polar surface area (TPSA) is 22.1 Å². The molecule has 0 bridgehead atoms. The number of rotatable bonds is 3. The number of fused-ring (bicyclic) bond motifs is 1. The summed E-state index contributed by atoms with van der Waals surface area (Å²) < 4.78 is 19.0. The lowest BCUT2D eigenvalue weighted by Gasteiger charge is -2.21. The van der Waals surface area contributed by atoms with Crippen molar-refractivity contribution in [3.8, 4) is 11.1 Å². The van der Waals surface area contributed by atoms with Crippen LogP contribution in [0.1, 0.15) is 49.2 Å². The molecule has 0 spiro atoms. The minimum absolute atomic E-state index is 0.220. The highest BCUT2D eigenvalue weighted by atomic mass is 79.9. The molecule has 2 aromatic rings. The minimum Gasteiger partial charge on any atom is -0.500 e. The van der Waals surface area contributed by atoms with E-state index in [1.54, 1.807) is 6.26 Å². The van der Waals surface area contributed by atoms with Gasteiger partial charge in [0.1, 0.15) is 5.82 Å². The van der Waals surface area contributed by atoms with Crippen LogP contribution < -0.4 is 0 Å². The predicted octanol–water partition coefficient (Wildman–Crippen LogP) is 5.84. The zero-order valence-electron chi connectivity index (χ0n) is 14.2. The van der Waals surface area contributed by atoms with Gasteiger partial charge in [-0.1, -0.05) is 41.9 Å². The van der Waals surface area contributed by atoms with Crippen molar-refractivity contribution in [2.45, 2.75) is 38.4 Å². The summed E-state index contributed by atoms with van der Waals surface area (Å²) in [5.74, 6) is 0.0850. The third-order valence-corrected chi connectivity index (χ3v) is 4.91. The number of benzene rings is 1. The van der Waals surface area contributed by atoms with Gasteiger partial charge in [-0.3, -0.25) is 4.98 Å². The van der Waals surface area contributed by atoms with Crippen LogP contribution in [0.3, 0.4) is 0 Å². The Kier molecular flexibility index (Phi) is 5.04. The Labute approximate surface area is 150 Å². The van der Waals surface area contributed by atoms with Crippen LogP contribution in [0, 0.1) is 5.82 Å². The van der Waals surface area contributed by atoms with E-state index in [-0.39, 0.29) is 5.82 Å². The number of allylic oxidation sites excluding steroid dienone is 1. The molecule has 1 aliphatic rings. The average Bonchev–Trinajstić information content (AvgIpc) is 2.75. The van der Waals surface area contributed by atoms with E-state index < -0.39 is 0 Å². The number of alkyl halides is 1. The average molecular weight is 390 g/mol. The summed E-state index contributed by atoms with van der Waals surface area (Å²) in [6, 6.07) is 6.74. The highest BCUT2D eigenvalue weighted by molar-refractivity contribution is 9.08. The van der Waals surface area contributed by atoms with Gasteiger partial charge in [0, 0.05) is 23.0 Å². The van der Waals surface area contributed by atoms with Crippen molar-refractivity contribution in [2.75, 3.05) is 6.61 Å². The van der Waals surface area contributed by atoms with Gasteiger partial charge in [0.15, 0.2) is 0 Å². The highest BCUT2D eigenvalue weighted by Crippen LogP contribution is 2.38. The molecular formula is C20H21BrFNO. The number of pyridine rings is 1. The van der Waals surface area contributed by atoms with Gasteiger partial charge >= 0.3 is 0 Å². The summed E-state index contributed by atoms with van der Waals surface area (Å²) in [6.45, 7) is 6.97. The fourth-order valence-electron chi connectivity index (χ4n) is 3.23. The molecule has 0 N–H and O–H groups in total. The second kappa shape index (κ2) is 7.06. The maximum atomic E-state index is 13.4. The number of nitrogens with zero attached hydrogens (tertiary/aromatic N) is 1. The predicted molar refractivity (Wildman–Crippen MR) is 99.7 cm³/mol. The molecule has 0 fully saturated rings. The molecule has 2 heterocycles. The molecule has 2 nitrogen and oxygen atoms in total. The van der Waals surface area contributed by atoms with E-state index in [1.165, 1.54) is 28.8 Å². The van der Waals surface area contributed by atoms with Gasteiger partial charge < -0.3 is 4.74 Å². The number of aromatic nitrogens is 1. The van der Waals surface area contributed by atoms with E-state index in [0.717, 1.165) is 34.3 Å². The van der Waals surface area contributed by atoms with Crippen LogP contribution in [-0.4, -0.2) is 11.6 Å². The Morgan fingerprint density at radius 3 is 2.58 bits per heavy atom. The molecule has 3 rings (SSSR count). The molecule has 0 unspecified atom stereocenters. The van der Waals surface area contributed by atoms with Crippen molar-refractivity contribution in [2.24, 2.45) is 0 Å². The van der Waals surface area contributed by atoms with Gasteiger partial charge in [0.2, 0.25) is 0 Å². The van der Waals surface area contributed by atoms with Crippen molar-refractivity contribution >= 4 is 21.5 Å². The lowest BCUT2D eigenvalue weighted by atomic mass is 9.88. The van der Waals surface area contributed by atoms with Crippen LogP contribution in [0.4, 0.5) is 4.39 Å². The lowest BCUT2D eigenvalue weighted by molar-refractivity contribution is 0.257. The smallest absolute Gasteiger partial charge is 0.123 e. The second-order valence-electron chi connectivity index (χ2n) is 6.39. The monoisotopic (exact) mass is 389 g/mol. The molecule has 4 heteroatoms. The molecule has 0 saturated carbocycles. The maximum absolute atomic E-state index is 13.4. The highest BCUT2D eigenvalue weighted by Gasteiger charge is 2.23. The van der Waals surface area contributed by atoms with Crippen molar-refractivity contribution in [3.63, 3.8) is 0 Å². The first-order valence-corrected chi connectivity index (χ1v) is 9.31. The van der Waals surface area contributed by atoms with E-state index in [4.69, 9.17) is 9.72 Å². The van der Waals surface area contributed by atoms with Crippen molar-refractivity contribution in [1.82, 2.24) is 4.98 Å². The Balaban J connectivity index is 2.36. The van der Waals surface area contributed by atoms with Gasteiger partial charge in [-0.25, -0.2) is 4.39 Å². The summed E-state index contributed by atoms with van der Waals surface area (Å²) in [6.07, 6.45) is 2.59. The van der Waals surface area contributed by atoms with Gasteiger partial charge in [-0.15, -0.1) is 0 Å². The summed E-state index contributed by atoms with van der Waals surface area (Å²) in [4.78, 5) is 4.98. The van der Waals surface area contributed by atoms with E-state index in [1.807, 2.05) is 19.1 Å². The number of hydrogen-bond donors (Lipinski definition) is 0. The fraction of sp³-hybridized carbons (Fsp3) is 0.350. The SMILES string of the molecule is CC1=COCCc2c1nc(C(C)C)c(CBr)c2-c1ccc(F)cc1. The molecule has 0 radical (unpaired) electrons. The molecule has 0 atom stereocenters. The number of ether oxygens (including phenoxy) is 1. The first-order chi connectivity index (χ1) is 11.5. The van der Waals surface area contributed by atoms with E-state index in [2.05, 4.69) is 29.8 Å². The molecule has 1 aliphatic heterocycles. The third-order valence-electron chi connectivity index (χ3n) is 4.35. The molecule has 24 heavy (non-hydrogen) atoms. The van der Waals surface area contributed by atoms with Gasteiger partial charge in [-0.05, 0) is 47.2 Å². The molecule has 1 aromatic carbocycles. The first-order valence-electron chi connectivity index (χ1n) is 8.19. The van der Waals surface area contributed by atoms with Crippen molar-refractivity contribution in [3.05, 3.63) is 58.9 Å². The van der Waals surface area contributed by atoms with Crippen molar-refractivity contribution < 1.29 is 9.13 Å². The Bertz CT molecular complexity index is 781. The molecule has 126 valence electrons. The number of hydrogen-bond acceptors (Lipinski definition) is 2. The zero-order chi connectivity index (χ0) is 17.3. The zero-order valence-corrected chi connectivity index (χ0v) is 15.8. The van der Waals surface area contributed by atoms with Gasteiger partial charge in [0.05, 0.1) is 18.6 Å². The van der Waals surface area contributed by atoms with E-state index in [0.29, 0.717) is 12.5 Å². The van der Waals surface area contributed by atoms with Gasteiger partial charge in [0.25, 0.3) is 0 Å². The fourth-order valence-corrected chi connectivity index (χ4v) is 3.80. The summed E-state index contributed by atoms with van der Waals surface area (Å²) in [5.41, 5.74) is 7.69. The van der Waals surface area contributed by atoms with Crippen LogP contribution >= 0.6 is 15.9 Å². The van der Waals surface area contributed by atoms with Crippen LogP contribution in [0.2, 0.25) is 0 Å². The lowest BCUT2D eigenvalue weighted by Crippen LogP contribution is -2.10. The standard InChI is InChI=1S/C20H21BrFNO/c1-12(2)19-17(10-21)18(14-4-6-15(22)7-5-14)16-8-9-24-11-13(3)20(16)23-19/h4-7,11-12H,8-10H2,1-3H3. The van der Waals surface area contributed by atoms with Crippen molar-refractivity contribution in [1.29, 1.82) is 0 Å². The molecule has 0 aliphatic carbocycles. The molecular weight excluding hydrogens is 369 g/mol. The first kappa shape index (κ1) is 17.2. The number of halogens is 2. The van der Waals surface area contributed by atoms with Crippen LogP contribution in [0.5, 0.6) is 0 Å². The Morgan fingerprint density at radius 2 is 1.96 bits per heavy atom. The van der Waals surface area contributed by atoms with Gasteiger partial charge in [-0.2, -0.15) is 0 Å². The molecule has 1 aromatic heterocycles. The molecule has 0 amide bonds. The largest absolute Gasteiger partial charge is 0.500 e. The molecule has 0 saturated heterocycles. The maximum Gasteiger partial charge on any atom is 0.123 e. The van der Waals surface area contributed by atoms with Crippen LogP contribution in [-0.2, 0) is 16.5 Å². The summed E-state index contributed by atoms with van der Waals surface area (Å²) >= 11 is 3.64. The van der Waals surface area contributed by atoms with E-state index in [9.17, 15) is 4.39 Å². The van der Waals surface area contributed by atoms with Crippen LogP contribution in [0.25, 0.3) is 16.7 Å². The Hall–Kier alpha value is -1.68. The second-order valence-corrected chi connectivity index (χ2v) is 6.96. The Morgan fingerprint density at radius 1 is 1.25 bits per heavy atom. The quantitative estimate of drug-likeness (QED) is 0.615. The normalized spacial score (nSPS) is 14.0. The van der Waals surface area contributed by atoms with Crippen LogP contribution in [0.15, 0.2) is 30.5 Å².